The maximum atomic E-state index is 12.0. The maximum absolute atomic E-state index is 12.0. The predicted octanol–water partition coefficient (Wildman–Crippen LogP) is 5.17. The third-order valence-corrected chi connectivity index (χ3v) is 9.47. The van der Waals surface area contributed by atoms with E-state index in [4.69, 9.17) is 4.74 Å². The second-order valence-electron chi connectivity index (χ2n) is 10.4. The van der Waals surface area contributed by atoms with Gasteiger partial charge >= 0.3 is 5.97 Å². The first-order valence-corrected chi connectivity index (χ1v) is 10.9. The number of rotatable bonds is 2. The summed E-state index contributed by atoms with van der Waals surface area (Å²) >= 11 is 0. The highest BCUT2D eigenvalue weighted by atomic mass is 16.5. The number of carbonyl (C=O) groups excluding carboxylic acids is 2. The molecule has 26 heavy (non-hydrogen) atoms. The standard InChI is InChI=1S/C23H36O3/c1-14(26-15(2)24)19-7-8-20-18-6-5-16-13-17(25)9-11-22(16,3)21(18)10-12-23(19,20)4/h14,16,18-21H,5-13H2,1-4H3/t14-,16-,18+,19-,20-,21+,22-,23+/m0/s1. The Hall–Kier alpha value is -0.860. The minimum Gasteiger partial charge on any atom is -0.463 e. The summed E-state index contributed by atoms with van der Waals surface area (Å²) in [5.74, 6) is 3.90. The molecule has 4 saturated carbocycles. The van der Waals surface area contributed by atoms with Gasteiger partial charge in [0.1, 0.15) is 11.9 Å². The van der Waals surface area contributed by atoms with Crippen LogP contribution in [0, 0.1) is 40.4 Å². The van der Waals surface area contributed by atoms with Crippen molar-refractivity contribution in [2.45, 2.75) is 91.6 Å². The van der Waals surface area contributed by atoms with Crippen LogP contribution < -0.4 is 0 Å². The molecule has 4 aliphatic carbocycles. The van der Waals surface area contributed by atoms with E-state index in [-0.39, 0.29) is 12.1 Å². The van der Waals surface area contributed by atoms with E-state index in [1.807, 2.05) is 0 Å². The topological polar surface area (TPSA) is 43.4 Å². The third-order valence-electron chi connectivity index (χ3n) is 9.47. The number of ether oxygens (including phenoxy) is 1. The first-order valence-electron chi connectivity index (χ1n) is 10.9. The molecule has 4 fully saturated rings. The van der Waals surface area contributed by atoms with Crippen LogP contribution in [0.4, 0.5) is 0 Å². The van der Waals surface area contributed by atoms with Gasteiger partial charge in [-0.15, -0.1) is 0 Å². The van der Waals surface area contributed by atoms with Gasteiger partial charge in [-0.05, 0) is 86.4 Å². The zero-order valence-corrected chi connectivity index (χ0v) is 17.1. The fourth-order valence-electron chi connectivity index (χ4n) is 8.20. The summed E-state index contributed by atoms with van der Waals surface area (Å²) in [6.45, 7) is 8.65. The summed E-state index contributed by atoms with van der Waals surface area (Å²) < 4.78 is 5.63. The largest absolute Gasteiger partial charge is 0.463 e. The number of hydrogen-bond acceptors (Lipinski definition) is 3. The van der Waals surface area contributed by atoms with Crippen molar-refractivity contribution in [3.05, 3.63) is 0 Å². The number of hydrogen-bond donors (Lipinski definition) is 0. The van der Waals surface area contributed by atoms with Gasteiger partial charge in [-0.25, -0.2) is 0 Å². The Morgan fingerprint density at radius 3 is 2.50 bits per heavy atom. The Labute approximate surface area is 158 Å². The molecule has 0 unspecified atom stereocenters. The van der Waals surface area contributed by atoms with Crippen LogP contribution in [0.2, 0.25) is 0 Å². The van der Waals surface area contributed by atoms with E-state index in [1.165, 1.54) is 45.4 Å². The van der Waals surface area contributed by atoms with Crippen LogP contribution in [-0.4, -0.2) is 17.9 Å². The van der Waals surface area contributed by atoms with E-state index >= 15 is 0 Å². The maximum Gasteiger partial charge on any atom is 0.302 e. The highest BCUT2D eigenvalue weighted by molar-refractivity contribution is 5.79. The van der Waals surface area contributed by atoms with Gasteiger partial charge in [0.2, 0.25) is 0 Å². The van der Waals surface area contributed by atoms with Gasteiger partial charge in [0, 0.05) is 25.7 Å². The quantitative estimate of drug-likeness (QED) is 0.638. The van der Waals surface area contributed by atoms with Crippen LogP contribution in [0.3, 0.4) is 0 Å². The lowest BCUT2D eigenvalue weighted by molar-refractivity contribution is -0.156. The normalized spacial score (nSPS) is 48.9. The SMILES string of the molecule is CC(=O)O[C@@H](C)[C@@H]1CC[C@H]2[C@H]3CC[C@H]4CC(=O)CC[C@]4(C)[C@@H]3CC[C@@]21C. The van der Waals surface area contributed by atoms with Crippen molar-refractivity contribution < 1.29 is 14.3 Å². The van der Waals surface area contributed by atoms with Crippen molar-refractivity contribution in [1.29, 1.82) is 0 Å². The molecule has 3 heteroatoms. The minimum atomic E-state index is -0.141. The molecule has 3 nitrogen and oxygen atoms in total. The molecule has 0 aromatic carbocycles. The van der Waals surface area contributed by atoms with E-state index in [0.717, 1.165) is 37.0 Å². The predicted molar refractivity (Wildman–Crippen MR) is 101 cm³/mol. The first kappa shape index (κ1) is 18.5. The van der Waals surface area contributed by atoms with E-state index < -0.39 is 0 Å². The number of esters is 1. The molecule has 0 heterocycles. The molecule has 0 aliphatic heterocycles. The molecule has 8 atom stereocenters. The number of fused-ring (bicyclic) bond motifs is 5. The fraction of sp³-hybridized carbons (Fsp3) is 0.913. The van der Waals surface area contributed by atoms with Crippen LogP contribution in [0.25, 0.3) is 0 Å². The van der Waals surface area contributed by atoms with Crippen molar-refractivity contribution >= 4 is 11.8 Å². The smallest absolute Gasteiger partial charge is 0.302 e. The molecule has 0 aromatic heterocycles. The number of Topliss-reactive ketones (excluding diaryl/α,β-unsaturated/α-hetero) is 1. The van der Waals surface area contributed by atoms with E-state index in [2.05, 4.69) is 20.8 Å². The lowest BCUT2D eigenvalue weighted by atomic mass is 9.44. The van der Waals surface area contributed by atoms with Gasteiger partial charge < -0.3 is 4.74 Å². The lowest BCUT2D eigenvalue weighted by Gasteiger charge is -2.60. The van der Waals surface area contributed by atoms with E-state index in [0.29, 0.717) is 28.4 Å². The average Bonchev–Trinajstić information content (AvgIpc) is 2.92. The van der Waals surface area contributed by atoms with Crippen molar-refractivity contribution in [3.63, 3.8) is 0 Å². The van der Waals surface area contributed by atoms with Gasteiger partial charge in [-0.3, -0.25) is 9.59 Å². The van der Waals surface area contributed by atoms with Crippen molar-refractivity contribution in [1.82, 2.24) is 0 Å². The average molecular weight is 361 g/mol. The molecule has 0 radical (unpaired) electrons. The van der Waals surface area contributed by atoms with Crippen LogP contribution in [0.15, 0.2) is 0 Å². The van der Waals surface area contributed by atoms with Crippen molar-refractivity contribution in [2.75, 3.05) is 0 Å². The molecule has 0 saturated heterocycles. The van der Waals surface area contributed by atoms with Gasteiger partial charge in [0.05, 0.1) is 0 Å². The Morgan fingerprint density at radius 2 is 1.77 bits per heavy atom. The van der Waals surface area contributed by atoms with Crippen molar-refractivity contribution in [3.8, 4) is 0 Å². The molecule has 0 N–H and O–H groups in total. The number of ketones is 1. The molecule has 0 bridgehead atoms. The summed E-state index contributed by atoms with van der Waals surface area (Å²) in [6.07, 6.45) is 10.5. The monoisotopic (exact) mass is 360 g/mol. The Morgan fingerprint density at radius 1 is 1.04 bits per heavy atom. The second kappa shape index (κ2) is 6.34. The molecular formula is C23H36O3. The third kappa shape index (κ3) is 2.67. The molecule has 0 aromatic rings. The summed E-state index contributed by atoms with van der Waals surface area (Å²) in [5.41, 5.74) is 0.710. The summed E-state index contributed by atoms with van der Waals surface area (Å²) in [5, 5.41) is 0. The van der Waals surface area contributed by atoms with Gasteiger partial charge in [0.25, 0.3) is 0 Å². The molecule has 4 rings (SSSR count). The van der Waals surface area contributed by atoms with Gasteiger partial charge in [-0.1, -0.05) is 13.8 Å². The van der Waals surface area contributed by atoms with Crippen LogP contribution in [0.5, 0.6) is 0 Å². The Balaban J connectivity index is 1.56. The summed E-state index contributed by atoms with van der Waals surface area (Å²) in [4.78, 5) is 23.5. The van der Waals surface area contributed by atoms with E-state index in [9.17, 15) is 9.59 Å². The zero-order chi connectivity index (χ0) is 18.7. The fourth-order valence-corrected chi connectivity index (χ4v) is 8.20. The number of carbonyl (C=O) groups is 2. The lowest BCUT2D eigenvalue weighted by Crippen LogP contribution is -2.54. The highest BCUT2D eigenvalue weighted by Crippen LogP contribution is 2.67. The van der Waals surface area contributed by atoms with Crippen LogP contribution >= 0.6 is 0 Å². The summed E-state index contributed by atoms with van der Waals surface area (Å²) in [6, 6.07) is 0. The van der Waals surface area contributed by atoms with Crippen LogP contribution in [-0.2, 0) is 14.3 Å². The minimum absolute atomic E-state index is 0.0401. The van der Waals surface area contributed by atoms with Crippen LogP contribution in [0.1, 0.15) is 85.5 Å². The summed E-state index contributed by atoms with van der Waals surface area (Å²) in [7, 11) is 0. The van der Waals surface area contributed by atoms with Gasteiger partial charge in [-0.2, -0.15) is 0 Å². The Bertz CT molecular complexity index is 598. The molecule has 146 valence electrons. The molecular weight excluding hydrogens is 324 g/mol. The van der Waals surface area contributed by atoms with Gasteiger partial charge in [0.15, 0.2) is 0 Å². The zero-order valence-electron chi connectivity index (χ0n) is 17.1. The first-order chi connectivity index (χ1) is 12.3. The second-order valence-corrected chi connectivity index (χ2v) is 10.4. The Kier molecular flexibility index (Phi) is 4.51. The molecule has 4 aliphatic rings. The van der Waals surface area contributed by atoms with E-state index in [1.54, 1.807) is 0 Å². The molecule has 0 spiro atoms. The molecule has 0 amide bonds. The van der Waals surface area contributed by atoms with Crippen molar-refractivity contribution in [2.24, 2.45) is 40.4 Å². The highest BCUT2D eigenvalue weighted by Gasteiger charge is 2.61.